The van der Waals surface area contributed by atoms with E-state index in [0.717, 1.165) is 14.7 Å². The SMILES string of the molecule is C/C=C/C[C@@H](C)[C@@H](O)[C@H]1C(=O)N[C@@H](CC)C(=O)N(C)[C@H](/C=C/C)C(=O)N(C)[C@@H](CC(C)(C)O)C(=O)N[C@@H](C(C)C)C(=O)N(C)[C@@H](CC(C)C)C(=O)N[C@@H](C)C(=O)N[C@H](C)C(=O)N(C)[C@@H](CC(C)C)C(=O)N(C)[C@@H](CC(C)C)C(=O)N(C)[C@@H](C(C)C)C(=O)N1C. The Morgan fingerprint density at radius 2 is 0.910 bits per heavy atom. The third-order valence-corrected chi connectivity index (χ3v) is 16.7. The van der Waals surface area contributed by atoms with E-state index in [1.54, 1.807) is 67.5 Å². The largest absolute Gasteiger partial charge is 0.390 e. The van der Waals surface area contributed by atoms with Gasteiger partial charge in [-0.15, -0.1) is 0 Å². The van der Waals surface area contributed by atoms with E-state index in [9.17, 15) is 48.6 Å². The molecule has 1 fully saturated rings. The van der Waals surface area contributed by atoms with Crippen molar-refractivity contribution < 1.29 is 63.0 Å². The normalized spacial score (nSPS) is 27.3. The quantitative estimate of drug-likeness (QED) is 0.121. The van der Waals surface area contributed by atoms with Crippen LogP contribution in [0.2, 0.25) is 0 Å². The smallest absolute Gasteiger partial charge is 0.249 e. The minimum atomic E-state index is -1.66. The molecule has 1 heterocycles. The Morgan fingerprint density at radius 3 is 1.36 bits per heavy atom. The minimum Gasteiger partial charge on any atom is -0.390 e. The van der Waals surface area contributed by atoms with Gasteiger partial charge in [0.15, 0.2) is 0 Å². The summed E-state index contributed by atoms with van der Waals surface area (Å²) < 4.78 is 0. The van der Waals surface area contributed by atoms with Crippen molar-refractivity contribution in [3.8, 4) is 0 Å². The predicted octanol–water partition coefficient (Wildman–Crippen LogP) is 3.33. The maximum Gasteiger partial charge on any atom is 0.249 e. The average molecular weight is 1260 g/mol. The molecule has 0 spiro atoms. The van der Waals surface area contributed by atoms with Gasteiger partial charge in [0.25, 0.3) is 0 Å². The van der Waals surface area contributed by atoms with Gasteiger partial charge in [-0.2, -0.15) is 0 Å². The molecular formula is C65H115N11O13. The van der Waals surface area contributed by atoms with Gasteiger partial charge in [-0.25, -0.2) is 0 Å². The maximum atomic E-state index is 15.2. The predicted molar refractivity (Wildman–Crippen MR) is 344 cm³/mol. The molecule has 0 aromatic heterocycles. The van der Waals surface area contributed by atoms with Crippen molar-refractivity contribution in [3.63, 3.8) is 0 Å². The van der Waals surface area contributed by atoms with Crippen molar-refractivity contribution >= 4 is 65.0 Å². The number of hydrogen-bond acceptors (Lipinski definition) is 13. The molecule has 1 rings (SSSR count). The van der Waals surface area contributed by atoms with Crippen LogP contribution in [0.4, 0.5) is 0 Å². The van der Waals surface area contributed by atoms with Crippen molar-refractivity contribution in [2.75, 3.05) is 49.3 Å². The lowest BCUT2D eigenvalue weighted by Gasteiger charge is -2.41. The van der Waals surface area contributed by atoms with Crippen LogP contribution in [0.5, 0.6) is 0 Å². The van der Waals surface area contributed by atoms with E-state index in [0.29, 0.717) is 0 Å². The zero-order chi connectivity index (χ0) is 69.2. The Labute approximate surface area is 532 Å². The van der Waals surface area contributed by atoms with Crippen LogP contribution in [0.3, 0.4) is 0 Å². The lowest BCUT2D eigenvalue weighted by molar-refractivity contribution is -0.157. The molecule has 508 valence electrons. The molecule has 24 heteroatoms. The molecule has 1 aliphatic rings. The van der Waals surface area contributed by atoms with Crippen LogP contribution in [0.1, 0.15) is 163 Å². The third-order valence-electron chi connectivity index (χ3n) is 16.7. The number of carbonyl (C=O) groups is 11. The Kier molecular flexibility index (Phi) is 32.4. The van der Waals surface area contributed by atoms with Crippen LogP contribution in [0.15, 0.2) is 24.3 Å². The summed E-state index contributed by atoms with van der Waals surface area (Å²) in [6.07, 6.45) is 5.26. The molecular weight excluding hydrogens is 1140 g/mol. The molecule has 11 amide bonds. The Bertz CT molecular complexity index is 2490. The summed E-state index contributed by atoms with van der Waals surface area (Å²) in [6, 6.07) is -14.5. The highest BCUT2D eigenvalue weighted by Crippen LogP contribution is 2.26. The first-order valence-electron chi connectivity index (χ1n) is 31.7. The van der Waals surface area contributed by atoms with Crippen LogP contribution < -0.4 is 21.3 Å². The Balaban J connectivity index is 4.49. The van der Waals surface area contributed by atoms with Gasteiger partial charge in [0, 0.05) is 55.8 Å². The first-order chi connectivity index (χ1) is 41.0. The Morgan fingerprint density at radius 1 is 0.472 bits per heavy atom. The molecule has 0 saturated carbocycles. The molecule has 24 nitrogen and oxygen atoms in total. The van der Waals surface area contributed by atoms with Crippen molar-refractivity contribution in [1.82, 2.24) is 55.6 Å². The molecule has 13 atom stereocenters. The highest BCUT2D eigenvalue weighted by Gasteiger charge is 2.46. The molecule has 0 aromatic carbocycles. The fourth-order valence-electron chi connectivity index (χ4n) is 11.1. The van der Waals surface area contributed by atoms with Gasteiger partial charge in [-0.05, 0) is 109 Å². The maximum absolute atomic E-state index is 15.2. The lowest BCUT2D eigenvalue weighted by Crippen LogP contribution is -2.64. The van der Waals surface area contributed by atoms with E-state index >= 15 is 14.4 Å². The fourth-order valence-corrected chi connectivity index (χ4v) is 11.1. The topological polar surface area (TPSA) is 299 Å². The highest BCUT2D eigenvalue weighted by molar-refractivity contribution is 6.00. The highest BCUT2D eigenvalue weighted by atomic mass is 16.3. The van der Waals surface area contributed by atoms with Crippen molar-refractivity contribution in [2.24, 2.45) is 35.5 Å². The lowest BCUT2D eigenvalue weighted by atomic mass is 9.91. The van der Waals surface area contributed by atoms with E-state index in [-0.39, 0.29) is 56.3 Å². The molecule has 1 aliphatic heterocycles. The van der Waals surface area contributed by atoms with Gasteiger partial charge in [-0.3, -0.25) is 52.7 Å². The second-order valence-corrected chi connectivity index (χ2v) is 27.1. The second kappa shape index (κ2) is 35.8. The summed E-state index contributed by atoms with van der Waals surface area (Å²) in [5, 5.41) is 34.3. The summed E-state index contributed by atoms with van der Waals surface area (Å²) in [7, 11) is 9.71. The molecule has 0 unspecified atom stereocenters. The number of amides is 11. The summed E-state index contributed by atoms with van der Waals surface area (Å²) in [5.41, 5.74) is -1.58. The van der Waals surface area contributed by atoms with Crippen LogP contribution >= 0.6 is 0 Å². The molecule has 0 aliphatic carbocycles. The number of aliphatic hydroxyl groups excluding tert-OH is 1. The van der Waals surface area contributed by atoms with E-state index in [4.69, 9.17) is 0 Å². The van der Waals surface area contributed by atoms with Gasteiger partial charge in [0.05, 0.1) is 11.7 Å². The number of aliphatic hydroxyl groups is 2. The monoisotopic (exact) mass is 1260 g/mol. The zero-order valence-electron chi connectivity index (χ0n) is 58.5. The first kappa shape index (κ1) is 80.6. The number of rotatable bonds is 16. The number of allylic oxidation sites excluding steroid dienone is 3. The third kappa shape index (κ3) is 22.5. The molecule has 0 bridgehead atoms. The molecule has 0 aromatic rings. The van der Waals surface area contributed by atoms with Crippen LogP contribution in [0, 0.1) is 35.5 Å². The second-order valence-electron chi connectivity index (χ2n) is 27.1. The average Bonchev–Trinajstić information content (AvgIpc) is 2.33. The van der Waals surface area contributed by atoms with Crippen molar-refractivity contribution in [3.05, 3.63) is 24.3 Å². The number of carbonyl (C=O) groups excluding carboxylic acids is 11. The number of nitrogens with one attached hydrogen (secondary N) is 4. The van der Waals surface area contributed by atoms with E-state index in [2.05, 4.69) is 21.3 Å². The first-order valence-corrected chi connectivity index (χ1v) is 31.7. The summed E-state index contributed by atoms with van der Waals surface area (Å²) in [6.45, 7) is 30.4. The van der Waals surface area contributed by atoms with Gasteiger partial charge in [0.2, 0.25) is 65.0 Å². The molecule has 0 radical (unpaired) electrons. The Hall–Kier alpha value is -6.43. The van der Waals surface area contributed by atoms with Gasteiger partial charge >= 0.3 is 0 Å². The summed E-state index contributed by atoms with van der Waals surface area (Å²) >= 11 is 0. The number of nitrogens with zero attached hydrogens (tertiary/aromatic N) is 7. The number of hydrogen-bond donors (Lipinski definition) is 6. The fraction of sp³-hybridized carbons (Fsp3) is 0.769. The summed E-state index contributed by atoms with van der Waals surface area (Å²) in [5.74, 6) is -10.5. The van der Waals surface area contributed by atoms with Crippen molar-refractivity contribution in [2.45, 2.75) is 241 Å². The molecule has 1 saturated heterocycles. The van der Waals surface area contributed by atoms with Crippen molar-refractivity contribution in [1.29, 1.82) is 0 Å². The molecule has 6 N–H and O–H groups in total. The van der Waals surface area contributed by atoms with Crippen LogP contribution in [-0.4, -0.2) is 237 Å². The van der Waals surface area contributed by atoms with E-state index in [1.807, 2.05) is 41.5 Å². The van der Waals surface area contributed by atoms with E-state index < -0.39 is 161 Å². The number of likely N-dealkylation sites (N-methyl/N-ethyl adjacent to an activating group) is 7. The molecule has 89 heavy (non-hydrogen) atoms. The minimum absolute atomic E-state index is 0.0387. The van der Waals surface area contributed by atoms with Gasteiger partial charge in [-0.1, -0.05) is 107 Å². The van der Waals surface area contributed by atoms with Crippen LogP contribution in [0.25, 0.3) is 0 Å². The van der Waals surface area contributed by atoms with Gasteiger partial charge in [0.1, 0.15) is 66.5 Å². The van der Waals surface area contributed by atoms with Gasteiger partial charge < -0.3 is 65.8 Å². The standard InChI is InChI=1S/C65H115N11O13/c1-26-29-31-41(14)53(77)52-57(81)68-44(28-3)59(83)70(19)45(30-27-2)60(84)74(23)49(35-65(17,18)89)56(80)69-50(39(10)11)63(87)71(20)46(32-36(4)5)55(79)66-42(15)54(78)67-43(16)58(82)72(21)47(33-37(6)7)61(85)73(22)48(34-38(8)9)62(86)75(24)51(40(12)13)64(88)76(52)25/h26-27,29-30,36-53,77,89H,28,31-35H2,1-25H3,(H,66,79)(H,67,78)(H,68,81)(H,69,80)/b29-26+,30-27+/t41-,42+,43-,44+,45-,46+,47+,48+,49+,50+,51+,52+,53-/m1/s1. The summed E-state index contributed by atoms with van der Waals surface area (Å²) in [4.78, 5) is 170. The van der Waals surface area contributed by atoms with Crippen LogP contribution in [-0.2, 0) is 52.7 Å². The van der Waals surface area contributed by atoms with E-state index in [1.165, 1.54) is 109 Å². The zero-order valence-corrected chi connectivity index (χ0v) is 58.5.